The molecule has 0 fully saturated rings. The summed E-state index contributed by atoms with van der Waals surface area (Å²) in [5.74, 6) is 0.789. The summed E-state index contributed by atoms with van der Waals surface area (Å²) in [5, 5.41) is 5.69. The normalized spacial score (nSPS) is 10.4. The molecule has 0 aliphatic carbocycles. The molecule has 0 aliphatic heterocycles. The smallest absolute Gasteiger partial charge is 0.323 e. The Morgan fingerprint density at radius 2 is 1.73 bits per heavy atom. The molecule has 0 heterocycles. The molecule has 0 saturated carbocycles. The monoisotopic (exact) mass is 298 g/mol. The zero-order valence-electron chi connectivity index (χ0n) is 13.2. The number of urea groups is 1. The van der Waals surface area contributed by atoms with Crippen LogP contribution >= 0.6 is 0 Å². The van der Waals surface area contributed by atoms with Crippen LogP contribution in [0.5, 0.6) is 5.75 Å². The highest BCUT2D eigenvalue weighted by atomic mass is 16.5. The van der Waals surface area contributed by atoms with Gasteiger partial charge in [0, 0.05) is 11.4 Å². The van der Waals surface area contributed by atoms with Crippen molar-refractivity contribution in [2.24, 2.45) is 0 Å². The Bertz CT molecular complexity index is 621. The van der Waals surface area contributed by atoms with Crippen molar-refractivity contribution in [1.29, 1.82) is 0 Å². The Balaban J connectivity index is 1.97. The van der Waals surface area contributed by atoms with Gasteiger partial charge in [0.15, 0.2) is 0 Å². The van der Waals surface area contributed by atoms with Crippen molar-refractivity contribution < 1.29 is 9.53 Å². The van der Waals surface area contributed by atoms with E-state index < -0.39 is 0 Å². The highest BCUT2D eigenvalue weighted by Gasteiger charge is 2.06. The molecule has 2 amide bonds. The van der Waals surface area contributed by atoms with Gasteiger partial charge in [0.05, 0.1) is 6.10 Å². The third-order valence-corrected chi connectivity index (χ3v) is 3.13. The van der Waals surface area contributed by atoms with Gasteiger partial charge >= 0.3 is 6.03 Å². The standard InChI is InChI=1S/C18H22N2O2/c1-4-14-7-5-6-8-17(14)20-18(21)19-15-9-11-16(12-10-15)22-13(2)3/h5-13H,4H2,1-3H3,(H2,19,20,21). The molecule has 0 aromatic heterocycles. The van der Waals surface area contributed by atoms with E-state index in [1.807, 2.05) is 62.4 Å². The summed E-state index contributed by atoms with van der Waals surface area (Å²) in [6.45, 7) is 6.02. The van der Waals surface area contributed by atoms with Gasteiger partial charge in [-0.05, 0) is 56.2 Å². The number of hydrogen-bond donors (Lipinski definition) is 2. The maximum Gasteiger partial charge on any atom is 0.323 e. The molecule has 0 spiro atoms. The predicted octanol–water partition coefficient (Wildman–Crippen LogP) is 4.68. The van der Waals surface area contributed by atoms with Crippen LogP contribution in [-0.4, -0.2) is 12.1 Å². The average Bonchev–Trinajstić information content (AvgIpc) is 2.49. The second kappa shape index (κ2) is 7.50. The SMILES string of the molecule is CCc1ccccc1NC(=O)Nc1ccc(OC(C)C)cc1. The largest absolute Gasteiger partial charge is 0.491 e. The summed E-state index contributed by atoms with van der Waals surface area (Å²) in [5.41, 5.74) is 2.67. The fourth-order valence-electron chi connectivity index (χ4n) is 2.12. The minimum absolute atomic E-state index is 0.132. The third-order valence-electron chi connectivity index (χ3n) is 3.13. The fourth-order valence-corrected chi connectivity index (χ4v) is 2.12. The molecule has 116 valence electrons. The summed E-state index contributed by atoms with van der Waals surface area (Å²) in [6, 6.07) is 14.9. The van der Waals surface area contributed by atoms with Crippen molar-refractivity contribution in [2.45, 2.75) is 33.3 Å². The third kappa shape index (κ3) is 4.52. The first-order valence-electron chi connectivity index (χ1n) is 7.51. The first-order chi connectivity index (χ1) is 10.6. The lowest BCUT2D eigenvalue weighted by atomic mass is 10.1. The van der Waals surface area contributed by atoms with Crippen LogP contribution in [0.2, 0.25) is 0 Å². The number of benzene rings is 2. The van der Waals surface area contributed by atoms with E-state index in [1.165, 1.54) is 0 Å². The zero-order valence-corrected chi connectivity index (χ0v) is 13.2. The molecule has 4 heteroatoms. The Hall–Kier alpha value is -2.49. The Kier molecular flexibility index (Phi) is 5.42. The van der Waals surface area contributed by atoms with Gasteiger partial charge in [-0.1, -0.05) is 25.1 Å². The van der Waals surface area contributed by atoms with Crippen LogP contribution in [0.25, 0.3) is 0 Å². The number of hydrogen-bond acceptors (Lipinski definition) is 2. The highest BCUT2D eigenvalue weighted by Crippen LogP contribution is 2.18. The Morgan fingerprint density at radius 3 is 2.36 bits per heavy atom. The minimum Gasteiger partial charge on any atom is -0.491 e. The van der Waals surface area contributed by atoms with Crippen molar-refractivity contribution in [3.63, 3.8) is 0 Å². The second-order valence-corrected chi connectivity index (χ2v) is 5.28. The first-order valence-corrected chi connectivity index (χ1v) is 7.51. The van der Waals surface area contributed by atoms with Crippen LogP contribution in [0.3, 0.4) is 0 Å². The summed E-state index contributed by atoms with van der Waals surface area (Å²) < 4.78 is 5.57. The van der Waals surface area contributed by atoms with Crippen LogP contribution in [0.4, 0.5) is 16.2 Å². The molecular weight excluding hydrogens is 276 g/mol. The fraction of sp³-hybridized carbons (Fsp3) is 0.278. The number of rotatable bonds is 5. The lowest BCUT2D eigenvalue weighted by Crippen LogP contribution is -2.20. The van der Waals surface area contributed by atoms with Crippen molar-refractivity contribution in [2.75, 3.05) is 10.6 Å². The molecular formula is C18H22N2O2. The van der Waals surface area contributed by atoms with Crippen molar-refractivity contribution in [1.82, 2.24) is 0 Å². The van der Waals surface area contributed by atoms with E-state index in [4.69, 9.17) is 4.74 Å². The van der Waals surface area contributed by atoms with Gasteiger partial charge < -0.3 is 15.4 Å². The molecule has 2 N–H and O–H groups in total. The lowest BCUT2D eigenvalue weighted by Gasteiger charge is -2.12. The minimum atomic E-state index is -0.251. The molecule has 0 saturated heterocycles. The van der Waals surface area contributed by atoms with Gasteiger partial charge in [0.25, 0.3) is 0 Å². The maximum atomic E-state index is 12.1. The lowest BCUT2D eigenvalue weighted by molar-refractivity contribution is 0.242. The van der Waals surface area contributed by atoms with E-state index in [1.54, 1.807) is 0 Å². The molecule has 2 rings (SSSR count). The Morgan fingerprint density at radius 1 is 1.05 bits per heavy atom. The number of nitrogens with one attached hydrogen (secondary N) is 2. The van der Waals surface area contributed by atoms with Crippen LogP contribution in [0, 0.1) is 0 Å². The number of para-hydroxylation sites is 1. The molecule has 4 nitrogen and oxygen atoms in total. The van der Waals surface area contributed by atoms with Gasteiger partial charge in [-0.15, -0.1) is 0 Å². The van der Waals surface area contributed by atoms with E-state index in [0.29, 0.717) is 0 Å². The van der Waals surface area contributed by atoms with Crippen LogP contribution in [0.15, 0.2) is 48.5 Å². The van der Waals surface area contributed by atoms with Crippen molar-refractivity contribution >= 4 is 17.4 Å². The molecule has 22 heavy (non-hydrogen) atoms. The van der Waals surface area contributed by atoms with Crippen LogP contribution in [0.1, 0.15) is 26.3 Å². The number of aryl methyl sites for hydroxylation is 1. The number of anilines is 2. The molecule has 2 aromatic rings. The average molecular weight is 298 g/mol. The van der Waals surface area contributed by atoms with E-state index >= 15 is 0 Å². The predicted molar refractivity (Wildman–Crippen MR) is 90.7 cm³/mol. The number of ether oxygens (including phenoxy) is 1. The number of carbonyl (C=O) groups is 1. The second-order valence-electron chi connectivity index (χ2n) is 5.28. The maximum absolute atomic E-state index is 12.1. The molecule has 0 bridgehead atoms. The Labute approximate surface area is 131 Å². The van der Waals surface area contributed by atoms with Crippen molar-refractivity contribution in [3.8, 4) is 5.75 Å². The molecule has 0 radical (unpaired) electrons. The van der Waals surface area contributed by atoms with Crippen molar-refractivity contribution in [3.05, 3.63) is 54.1 Å². The van der Waals surface area contributed by atoms with E-state index in [9.17, 15) is 4.79 Å². The first kappa shape index (κ1) is 15.9. The van der Waals surface area contributed by atoms with Gasteiger partial charge in [-0.3, -0.25) is 0 Å². The quantitative estimate of drug-likeness (QED) is 0.842. The summed E-state index contributed by atoms with van der Waals surface area (Å²) >= 11 is 0. The van der Waals surface area contributed by atoms with Crippen LogP contribution < -0.4 is 15.4 Å². The summed E-state index contributed by atoms with van der Waals surface area (Å²) in [6.07, 6.45) is 1.00. The molecule has 0 atom stereocenters. The highest BCUT2D eigenvalue weighted by molar-refractivity contribution is 6.00. The van der Waals surface area contributed by atoms with Gasteiger partial charge in [-0.2, -0.15) is 0 Å². The molecule has 0 aliphatic rings. The van der Waals surface area contributed by atoms with E-state index in [0.717, 1.165) is 29.1 Å². The number of carbonyl (C=O) groups excluding carboxylic acids is 1. The summed E-state index contributed by atoms with van der Waals surface area (Å²) in [4.78, 5) is 12.1. The molecule has 2 aromatic carbocycles. The van der Waals surface area contributed by atoms with E-state index in [-0.39, 0.29) is 12.1 Å². The van der Waals surface area contributed by atoms with Crippen LogP contribution in [-0.2, 0) is 6.42 Å². The topological polar surface area (TPSA) is 50.4 Å². The number of amides is 2. The van der Waals surface area contributed by atoms with Gasteiger partial charge in [-0.25, -0.2) is 4.79 Å². The summed E-state index contributed by atoms with van der Waals surface area (Å²) in [7, 11) is 0. The molecule has 0 unspecified atom stereocenters. The van der Waals surface area contributed by atoms with Gasteiger partial charge in [0.1, 0.15) is 5.75 Å². The van der Waals surface area contributed by atoms with Gasteiger partial charge in [0.2, 0.25) is 0 Å². The zero-order chi connectivity index (χ0) is 15.9. The van der Waals surface area contributed by atoms with E-state index in [2.05, 4.69) is 17.6 Å².